The minimum absolute atomic E-state index is 0.0519. The van der Waals surface area contributed by atoms with Gasteiger partial charge in [-0.1, -0.05) is 43.9 Å². The molecule has 0 radical (unpaired) electrons. The summed E-state index contributed by atoms with van der Waals surface area (Å²) < 4.78 is 191. The number of nitrogens with one attached hydrogen (secondary N) is 5. The molecule has 6 atom stereocenters. The zero-order chi connectivity index (χ0) is 78.2. The Bertz CT molecular complexity index is 4160. The quantitative estimate of drug-likeness (QED) is 0.00476. The number of alkyl carbamates (subject to hydrolysis) is 2. The van der Waals surface area contributed by atoms with Gasteiger partial charge >= 0.3 is 44.9 Å². The molecule has 5 aromatic rings. The Morgan fingerprint density at radius 1 is 0.783 bits per heavy atom. The summed E-state index contributed by atoms with van der Waals surface area (Å²) in [7, 11) is -4.04. The van der Waals surface area contributed by atoms with E-state index >= 15 is 44.7 Å². The SMILES string of the molecule is COC(=O)N[C@H](C(=O)N[C@@H](Cc1ccc(C#Cc2cnc(N3CC4CCC(C3)N4C3COC3)nc2)cc1)[C@H](CN(Cc1c(F)cc(-c2ccn(C(F)F)n2)cc1F)NC(=O)[C@@H](NC(=O)OC)C(C)(C)C(F)(F)F)OC(=O)CC(C)(C)c1c(CC(=O)NCC#N)cc(C)cc1OP(=O)(O)O)C(C)(C)C(F)(F)F. The number of halogens is 10. The van der Waals surface area contributed by atoms with Crippen LogP contribution in [0.4, 0.5) is 59.4 Å². The van der Waals surface area contributed by atoms with E-state index in [1.807, 2.05) is 5.32 Å². The van der Waals surface area contributed by atoms with Gasteiger partial charge in [0.25, 0.3) is 5.91 Å². The first-order valence-electron chi connectivity index (χ1n) is 32.8. The van der Waals surface area contributed by atoms with Gasteiger partial charge in [-0.3, -0.25) is 39.3 Å². The van der Waals surface area contributed by atoms with Crippen LogP contribution < -0.4 is 36.1 Å². The second-order valence-corrected chi connectivity index (χ2v) is 28.5. The van der Waals surface area contributed by atoms with Crippen LogP contribution in [-0.4, -0.2) is 184 Å². The van der Waals surface area contributed by atoms with Gasteiger partial charge in [-0.05, 0) is 107 Å². The number of nitriles is 1. The van der Waals surface area contributed by atoms with Crippen LogP contribution in [0.15, 0.2) is 73.2 Å². The van der Waals surface area contributed by atoms with E-state index in [1.165, 1.54) is 63.5 Å². The normalized spacial score (nSPS) is 17.0. The van der Waals surface area contributed by atoms with Crippen molar-refractivity contribution >= 4 is 49.6 Å². The van der Waals surface area contributed by atoms with Gasteiger partial charge in [0.05, 0.1) is 87.1 Å². The van der Waals surface area contributed by atoms with E-state index in [1.54, 1.807) is 11.4 Å². The van der Waals surface area contributed by atoms with E-state index < -0.39 is 176 Å². The molecule has 3 aliphatic rings. The van der Waals surface area contributed by atoms with Gasteiger partial charge < -0.3 is 49.6 Å². The third-order valence-electron chi connectivity index (χ3n) is 18.4. The van der Waals surface area contributed by atoms with Gasteiger partial charge in [-0.25, -0.2) is 42.6 Å². The van der Waals surface area contributed by atoms with Crippen molar-refractivity contribution in [2.45, 2.75) is 154 Å². The van der Waals surface area contributed by atoms with Gasteiger partial charge in [0.15, 0.2) is 0 Å². The number of methoxy groups -OCH3 is 2. The van der Waals surface area contributed by atoms with Crippen LogP contribution in [0.5, 0.6) is 5.75 Å². The molecule has 3 saturated heterocycles. The van der Waals surface area contributed by atoms with Crippen molar-refractivity contribution in [2.75, 3.05) is 58.5 Å². The highest BCUT2D eigenvalue weighted by atomic mass is 31.2. The Morgan fingerprint density at radius 3 is 1.86 bits per heavy atom. The third kappa shape index (κ3) is 20.3. The van der Waals surface area contributed by atoms with Crippen LogP contribution in [0.25, 0.3) is 11.3 Å². The van der Waals surface area contributed by atoms with E-state index in [0.29, 0.717) is 106 Å². The Morgan fingerprint density at radius 2 is 1.35 bits per heavy atom. The molecule has 5 amide bonds. The molecule has 3 aliphatic heterocycles. The number of aromatic nitrogens is 4. The van der Waals surface area contributed by atoms with Crippen molar-refractivity contribution in [3.8, 4) is 34.9 Å². The summed E-state index contributed by atoms with van der Waals surface area (Å²) in [5.41, 5.74) is -7.55. The molecule has 2 aromatic heterocycles. The molecule has 0 spiro atoms. The molecule has 0 aliphatic carbocycles. The number of hydrazine groups is 1. The maximum atomic E-state index is 16.8. The smallest absolute Gasteiger partial charge is 0.459 e. The van der Waals surface area contributed by atoms with Crippen molar-refractivity contribution in [3.63, 3.8) is 0 Å². The maximum Gasteiger partial charge on any atom is 0.524 e. The summed E-state index contributed by atoms with van der Waals surface area (Å²) in [6, 6.07) is 5.56. The molecule has 27 nitrogen and oxygen atoms in total. The zero-order valence-electron chi connectivity index (χ0n) is 58.6. The number of hydrogen-bond acceptors (Lipinski definition) is 19. The second kappa shape index (κ2) is 33.4. The molecule has 38 heteroatoms. The number of aryl methyl sites for hydroxylation is 1. The molecule has 3 fully saturated rings. The first-order valence-corrected chi connectivity index (χ1v) is 34.3. The summed E-state index contributed by atoms with van der Waals surface area (Å²) >= 11 is 0. The first kappa shape index (κ1) is 82.0. The number of nitrogens with zero attached hydrogens (tertiary/aromatic N) is 8. The molecule has 0 saturated carbocycles. The molecule has 2 unspecified atom stereocenters. The van der Waals surface area contributed by atoms with E-state index in [2.05, 4.69) is 62.2 Å². The summed E-state index contributed by atoms with van der Waals surface area (Å²) in [5.74, 6) is -3.09. The van der Waals surface area contributed by atoms with Gasteiger partial charge in [-0.2, -0.15) is 45.5 Å². The number of rotatable bonds is 28. The topological polar surface area (TPSA) is 343 Å². The Kier molecular flexibility index (Phi) is 25.9. The Hall–Kier alpha value is -9.65. The third-order valence-corrected chi connectivity index (χ3v) is 18.9. The number of amides is 5. The Balaban J connectivity index is 1.27. The van der Waals surface area contributed by atoms with Gasteiger partial charge in [0.2, 0.25) is 17.8 Å². The van der Waals surface area contributed by atoms with E-state index in [4.69, 9.17) is 14.0 Å². The molecular formula is C68H78F10N13O14P. The molecule has 2 bridgehead atoms. The fraction of sp³-hybridized carbons (Fsp3) is 0.500. The number of esters is 1. The lowest BCUT2D eigenvalue weighted by molar-refractivity contribution is -0.221. The summed E-state index contributed by atoms with van der Waals surface area (Å²) in [4.78, 5) is 118. The summed E-state index contributed by atoms with van der Waals surface area (Å²) in [5, 5.41) is 21.6. The lowest BCUT2D eigenvalue weighted by Crippen LogP contribution is -2.64. The number of phosphoric acid groups is 1. The van der Waals surface area contributed by atoms with Gasteiger partial charge in [0, 0.05) is 78.0 Å². The van der Waals surface area contributed by atoms with Crippen LogP contribution in [0.1, 0.15) is 106 Å². The molecule has 5 heterocycles. The van der Waals surface area contributed by atoms with Crippen LogP contribution in [0.2, 0.25) is 0 Å². The number of hydrogen-bond donors (Lipinski definition) is 7. The fourth-order valence-electron chi connectivity index (χ4n) is 12.6. The van der Waals surface area contributed by atoms with Crippen molar-refractivity contribution in [1.82, 2.24) is 56.4 Å². The number of carbonyl (C=O) groups excluding carboxylic acids is 6. The number of carbonyl (C=O) groups is 6. The predicted octanol–water partition coefficient (Wildman–Crippen LogP) is 7.89. The summed E-state index contributed by atoms with van der Waals surface area (Å²) in [6.45, 7) is 2.39. The van der Waals surface area contributed by atoms with Crippen LogP contribution in [0, 0.1) is 52.6 Å². The van der Waals surface area contributed by atoms with Crippen LogP contribution >= 0.6 is 7.82 Å². The highest BCUT2D eigenvalue weighted by Gasteiger charge is 2.58. The van der Waals surface area contributed by atoms with Gasteiger partial charge in [0.1, 0.15) is 42.1 Å². The maximum absolute atomic E-state index is 16.8. The minimum atomic E-state index is -5.53. The van der Waals surface area contributed by atoms with Crippen molar-refractivity contribution < 1.29 is 110 Å². The number of fused-ring (bicyclic) bond motifs is 2. The zero-order valence-corrected chi connectivity index (χ0v) is 59.5. The second-order valence-electron chi connectivity index (χ2n) is 27.4. The van der Waals surface area contributed by atoms with Gasteiger partial charge in [-0.15, -0.1) is 0 Å². The minimum Gasteiger partial charge on any atom is -0.459 e. The lowest BCUT2D eigenvalue weighted by atomic mass is 9.77. The van der Waals surface area contributed by atoms with Crippen molar-refractivity contribution in [1.29, 1.82) is 5.26 Å². The predicted molar refractivity (Wildman–Crippen MR) is 355 cm³/mol. The molecule has 7 N–H and O–H groups in total. The first-order chi connectivity index (χ1) is 49.5. The standard InChI is InChI=1S/C68H78F10N13O14P/c1-37-22-42(27-53(92)80-20-19-79)55(51(23-37)105-106(98,99)100)64(2,3)28-54(93)104-52(34-89(87-59(95)57(85-63(97)102-9)66(6,7)68(76,77)78)33-46-47(69)25-41(26-48(46)70)49-18-21-90(86-49)60(71)72)50(83-58(94)56(84-62(96)101-8)65(4,5)67(73,74)75)24-39-13-10-38(11-14-39)12-15-40-29-81-61(82-30-40)88-31-43-16-17-44(32-88)91(43)45-35-103-36-45/h10-11,13-14,18,21-23,25-26,29-30,43-45,50,52,56-57,60H,16-17,20,24,27-28,31-36H2,1-9H3,(H,80,92)(H,83,94)(H,84,96)(H,85,97)(H,87,95)(H2,98,99,100)/t43?,44?,50-,52-,56+,57+/m0/s1. The lowest BCUT2D eigenvalue weighted by Gasteiger charge is -2.47. The highest BCUT2D eigenvalue weighted by molar-refractivity contribution is 7.46. The number of alkyl halides is 8. The van der Waals surface area contributed by atoms with E-state index in [-0.39, 0.29) is 26.9 Å². The van der Waals surface area contributed by atoms with E-state index in [9.17, 15) is 47.6 Å². The Labute approximate surface area is 601 Å². The molecule has 3 aromatic carbocycles. The van der Waals surface area contributed by atoms with Crippen LogP contribution in [-0.2, 0) is 67.5 Å². The number of ether oxygens (including phenoxy) is 4. The average Bonchev–Trinajstić information content (AvgIpc) is 1.45. The highest BCUT2D eigenvalue weighted by Crippen LogP contribution is 2.47. The molecule has 8 rings (SSSR count). The monoisotopic (exact) mass is 1520 g/mol. The number of phosphoric ester groups is 1. The molecular weight excluding hydrogens is 1440 g/mol. The largest absolute Gasteiger partial charge is 0.524 e. The average molecular weight is 1520 g/mol. The van der Waals surface area contributed by atoms with Crippen molar-refractivity contribution in [2.24, 2.45) is 10.8 Å². The number of piperazine rings is 1. The fourth-order valence-corrected chi connectivity index (χ4v) is 13.0. The summed E-state index contributed by atoms with van der Waals surface area (Å²) in [6.07, 6.45) is -12.7. The molecule has 106 heavy (non-hydrogen) atoms. The molecule has 574 valence electrons. The number of anilines is 1. The van der Waals surface area contributed by atoms with Crippen LogP contribution in [0.3, 0.4) is 0 Å². The van der Waals surface area contributed by atoms with Crippen molar-refractivity contribution in [3.05, 3.63) is 124 Å². The number of benzene rings is 3. The van der Waals surface area contributed by atoms with E-state index in [0.717, 1.165) is 45.4 Å².